The first-order chi connectivity index (χ1) is 12.7. The molecule has 8 nitrogen and oxygen atoms in total. The third-order valence-corrected chi connectivity index (χ3v) is 3.44. The molecule has 0 bridgehead atoms. The molecule has 26 heavy (non-hydrogen) atoms. The van der Waals surface area contributed by atoms with Crippen LogP contribution < -0.4 is 10.6 Å². The Morgan fingerprint density at radius 2 is 2.27 bits per heavy atom. The monoisotopic (exact) mass is 362 g/mol. The first-order valence-corrected chi connectivity index (χ1v) is 9.24. The van der Waals surface area contributed by atoms with Crippen LogP contribution in [0.3, 0.4) is 0 Å². The number of hydrogen-bond acceptors (Lipinski definition) is 5. The summed E-state index contributed by atoms with van der Waals surface area (Å²) in [5, 5.41) is 13.7. The second-order valence-electron chi connectivity index (χ2n) is 6.34. The summed E-state index contributed by atoms with van der Waals surface area (Å²) in [7, 11) is 0. The average molecular weight is 362 g/mol. The maximum Gasteiger partial charge on any atom is 0.216 e. The molecule has 144 valence electrons. The number of aliphatic imine (C=N–C) groups is 1. The standard InChI is InChI=1S/C18H30N6O2/c1-4-19-18(20-9-6-11-25-13-14(2)3)21-10-8-16-22-17(24-23-16)15-7-5-12-26-15/h5,7,12,14H,4,6,8-11,13H2,1-3H3,(H2,19,20,21)(H,22,23,24). The third-order valence-electron chi connectivity index (χ3n) is 3.44. The molecule has 2 aromatic heterocycles. The summed E-state index contributed by atoms with van der Waals surface area (Å²) in [6.45, 7) is 10.2. The largest absolute Gasteiger partial charge is 0.461 e. The summed E-state index contributed by atoms with van der Waals surface area (Å²) in [6, 6.07) is 3.66. The highest BCUT2D eigenvalue weighted by atomic mass is 16.5. The van der Waals surface area contributed by atoms with Gasteiger partial charge in [-0.15, -0.1) is 0 Å². The van der Waals surface area contributed by atoms with Crippen LogP contribution in [0.5, 0.6) is 0 Å². The van der Waals surface area contributed by atoms with Crippen LogP contribution in [0.4, 0.5) is 0 Å². The average Bonchev–Trinajstić information content (AvgIpc) is 3.28. The Morgan fingerprint density at radius 1 is 1.38 bits per heavy atom. The number of nitrogens with zero attached hydrogens (tertiary/aromatic N) is 3. The van der Waals surface area contributed by atoms with Crippen molar-refractivity contribution in [3.8, 4) is 11.6 Å². The van der Waals surface area contributed by atoms with Crippen LogP contribution in [-0.4, -0.2) is 54.0 Å². The fraction of sp³-hybridized carbons (Fsp3) is 0.611. The third kappa shape index (κ3) is 7.26. The molecule has 2 aromatic rings. The molecule has 0 aliphatic rings. The minimum absolute atomic E-state index is 0.571. The SMILES string of the molecule is CCNC(=NCCCOCC(C)C)NCCc1nc(-c2ccco2)n[nH]1. The summed E-state index contributed by atoms with van der Waals surface area (Å²) in [5.74, 6) is 3.42. The lowest BCUT2D eigenvalue weighted by Crippen LogP contribution is -2.38. The van der Waals surface area contributed by atoms with Crippen LogP contribution in [0.15, 0.2) is 27.8 Å². The van der Waals surface area contributed by atoms with Gasteiger partial charge in [0.2, 0.25) is 5.82 Å². The highest BCUT2D eigenvalue weighted by molar-refractivity contribution is 5.79. The molecule has 0 spiro atoms. The topological polar surface area (TPSA) is 100 Å². The van der Waals surface area contributed by atoms with Crippen LogP contribution in [0.25, 0.3) is 11.6 Å². The zero-order chi connectivity index (χ0) is 18.6. The number of guanidine groups is 1. The van der Waals surface area contributed by atoms with Crippen LogP contribution in [-0.2, 0) is 11.2 Å². The van der Waals surface area contributed by atoms with Crippen molar-refractivity contribution >= 4 is 5.96 Å². The summed E-state index contributed by atoms with van der Waals surface area (Å²) >= 11 is 0. The maximum absolute atomic E-state index is 5.57. The summed E-state index contributed by atoms with van der Waals surface area (Å²) in [5.41, 5.74) is 0. The second kappa shape index (κ2) is 11.3. The lowest BCUT2D eigenvalue weighted by atomic mass is 10.2. The molecular weight excluding hydrogens is 332 g/mol. The van der Waals surface area contributed by atoms with Gasteiger partial charge in [-0.2, -0.15) is 5.10 Å². The zero-order valence-electron chi connectivity index (χ0n) is 15.9. The highest BCUT2D eigenvalue weighted by Gasteiger charge is 2.08. The van der Waals surface area contributed by atoms with E-state index in [4.69, 9.17) is 9.15 Å². The molecule has 0 saturated carbocycles. The number of hydrogen-bond donors (Lipinski definition) is 3. The lowest BCUT2D eigenvalue weighted by molar-refractivity contribution is 0.109. The molecule has 0 aromatic carbocycles. The zero-order valence-corrected chi connectivity index (χ0v) is 15.9. The minimum atomic E-state index is 0.571. The van der Waals surface area contributed by atoms with Gasteiger partial charge in [-0.3, -0.25) is 10.1 Å². The quantitative estimate of drug-likeness (QED) is 0.322. The van der Waals surface area contributed by atoms with Crippen LogP contribution in [0.2, 0.25) is 0 Å². The first kappa shape index (κ1) is 20.0. The van der Waals surface area contributed by atoms with Gasteiger partial charge in [-0.05, 0) is 31.4 Å². The first-order valence-electron chi connectivity index (χ1n) is 9.24. The van der Waals surface area contributed by atoms with E-state index in [0.717, 1.165) is 50.9 Å². The fourth-order valence-electron chi connectivity index (χ4n) is 2.24. The van der Waals surface area contributed by atoms with Crippen LogP contribution in [0, 0.1) is 5.92 Å². The minimum Gasteiger partial charge on any atom is -0.461 e. The molecule has 2 heterocycles. The number of aromatic amines is 1. The van der Waals surface area contributed by atoms with Crippen molar-refractivity contribution in [2.24, 2.45) is 10.9 Å². The second-order valence-corrected chi connectivity index (χ2v) is 6.34. The Labute approximate surface area is 154 Å². The van der Waals surface area contributed by atoms with Gasteiger partial charge in [0.05, 0.1) is 6.26 Å². The van der Waals surface area contributed by atoms with Gasteiger partial charge in [0.25, 0.3) is 0 Å². The van der Waals surface area contributed by atoms with E-state index in [9.17, 15) is 0 Å². The van der Waals surface area contributed by atoms with Crippen molar-refractivity contribution in [3.05, 3.63) is 24.2 Å². The van der Waals surface area contributed by atoms with Crippen molar-refractivity contribution in [1.82, 2.24) is 25.8 Å². The molecule has 2 rings (SSSR count). The number of nitrogens with one attached hydrogen (secondary N) is 3. The van der Waals surface area contributed by atoms with Gasteiger partial charge in [0.15, 0.2) is 11.7 Å². The molecule has 0 unspecified atom stereocenters. The summed E-state index contributed by atoms with van der Waals surface area (Å²) in [4.78, 5) is 8.99. The van der Waals surface area contributed by atoms with Gasteiger partial charge >= 0.3 is 0 Å². The summed E-state index contributed by atoms with van der Waals surface area (Å²) in [6.07, 6.45) is 3.24. The molecule has 3 N–H and O–H groups in total. The predicted molar refractivity (Wildman–Crippen MR) is 102 cm³/mol. The molecule has 0 fully saturated rings. The Balaban J connectivity index is 1.69. The highest BCUT2D eigenvalue weighted by Crippen LogP contribution is 2.14. The number of H-pyrrole nitrogens is 1. The van der Waals surface area contributed by atoms with Gasteiger partial charge in [0.1, 0.15) is 5.82 Å². The normalized spacial score (nSPS) is 11.9. The van der Waals surface area contributed by atoms with Crippen molar-refractivity contribution in [2.45, 2.75) is 33.6 Å². The van der Waals surface area contributed by atoms with E-state index >= 15 is 0 Å². The van der Waals surface area contributed by atoms with E-state index in [1.54, 1.807) is 6.26 Å². The van der Waals surface area contributed by atoms with Gasteiger partial charge in [-0.25, -0.2) is 4.98 Å². The van der Waals surface area contributed by atoms with Crippen molar-refractivity contribution in [3.63, 3.8) is 0 Å². The number of rotatable bonds is 11. The number of ether oxygens (including phenoxy) is 1. The molecule has 0 atom stereocenters. The smallest absolute Gasteiger partial charge is 0.216 e. The molecule has 0 aliphatic heterocycles. The molecule has 0 saturated heterocycles. The van der Waals surface area contributed by atoms with Crippen molar-refractivity contribution in [2.75, 3.05) is 32.8 Å². The Hall–Kier alpha value is -2.35. The Kier molecular flexibility index (Phi) is 8.68. The van der Waals surface area contributed by atoms with E-state index in [2.05, 4.69) is 51.6 Å². The van der Waals surface area contributed by atoms with Gasteiger partial charge in [0, 0.05) is 39.3 Å². The van der Waals surface area contributed by atoms with Crippen molar-refractivity contribution in [1.29, 1.82) is 0 Å². The molecule has 8 heteroatoms. The molecule has 0 aliphatic carbocycles. The Morgan fingerprint density at radius 3 is 3.00 bits per heavy atom. The van der Waals surface area contributed by atoms with E-state index < -0.39 is 0 Å². The predicted octanol–water partition coefficient (Wildman–Crippen LogP) is 2.22. The lowest BCUT2D eigenvalue weighted by Gasteiger charge is -2.10. The molecule has 0 amide bonds. The summed E-state index contributed by atoms with van der Waals surface area (Å²) < 4.78 is 10.9. The fourth-order valence-corrected chi connectivity index (χ4v) is 2.24. The van der Waals surface area contributed by atoms with Crippen LogP contribution in [0.1, 0.15) is 33.0 Å². The van der Waals surface area contributed by atoms with Gasteiger partial charge in [-0.1, -0.05) is 13.8 Å². The number of aromatic nitrogens is 3. The van der Waals surface area contributed by atoms with Crippen LogP contribution >= 0.6 is 0 Å². The molecule has 0 radical (unpaired) electrons. The maximum atomic E-state index is 5.57. The van der Waals surface area contributed by atoms with E-state index in [1.807, 2.05) is 12.1 Å². The number of furan rings is 1. The van der Waals surface area contributed by atoms with Gasteiger partial charge < -0.3 is 19.8 Å². The molecular formula is C18H30N6O2. The van der Waals surface area contributed by atoms with E-state index in [-0.39, 0.29) is 0 Å². The van der Waals surface area contributed by atoms with Crippen molar-refractivity contribution < 1.29 is 9.15 Å². The Bertz CT molecular complexity index is 636. The van der Waals surface area contributed by atoms with E-state index in [1.165, 1.54) is 0 Å². The van der Waals surface area contributed by atoms with E-state index in [0.29, 0.717) is 24.0 Å².